The molecule has 0 saturated heterocycles. The number of hydrogen-bond donors (Lipinski definition) is 1. The van der Waals surface area contributed by atoms with Crippen LogP contribution in [0.2, 0.25) is 5.02 Å². The van der Waals surface area contributed by atoms with E-state index in [9.17, 15) is 14.0 Å². The molecule has 1 unspecified atom stereocenters. The molecule has 0 aliphatic carbocycles. The number of esters is 1. The molecule has 0 aliphatic rings. The van der Waals surface area contributed by atoms with Crippen LogP contribution in [-0.4, -0.2) is 29.5 Å². The lowest BCUT2D eigenvalue weighted by Crippen LogP contribution is -2.37. The first-order chi connectivity index (χ1) is 13.9. The number of carbonyl (C=O) groups excluding carboxylic acids is 2. The van der Waals surface area contributed by atoms with E-state index in [0.717, 1.165) is 11.1 Å². The van der Waals surface area contributed by atoms with Crippen molar-refractivity contribution in [3.63, 3.8) is 0 Å². The fraction of sp³-hybridized carbons (Fsp3) is 0.190. The van der Waals surface area contributed by atoms with Gasteiger partial charge < -0.3 is 10.1 Å². The van der Waals surface area contributed by atoms with Gasteiger partial charge in [-0.1, -0.05) is 35.9 Å². The molecule has 0 aliphatic heterocycles. The Kier molecular flexibility index (Phi) is 6.95. The Morgan fingerprint density at radius 3 is 2.55 bits per heavy atom. The van der Waals surface area contributed by atoms with Crippen LogP contribution in [0.1, 0.15) is 23.0 Å². The van der Waals surface area contributed by atoms with Gasteiger partial charge in [-0.25, -0.2) is 14.2 Å². The number of aromatic nitrogens is 1. The van der Waals surface area contributed by atoms with E-state index < -0.39 is 18.0 Å². The predicted molar refractivity (Wildman–Crippen MR) is 111 cm³/mol. The molecule has 0 radical (unpaired) electrons. The van der Waals surface area contributed by atoms with E-state index in [4.69, 9.17) is 16.3 Å². The summed E-state index contributed by atoms with van der Waals surface area (Å²) in [6.45, 7) is 1.85. The van der Waals surface area contributed by atoms with Gasteiger partial charge in [0.2, 0.25) is 0 Å². The first kappa shape index (κ1) is 21.0. The van der Waals surface area contributed by atoms with Gasteiger partial charge in [0.05, 0.1) is 0 Å². The van der Waals surface area contributed by atoms with Gasteiger partial charge in [0, 0.05) is 22.5 Å². The Labute approximate surface area is 176 Å². The molecule has 150 valence electrons. The number of amides is 1. The van der Waals surface area contributed by atoms with Gasteiger partial charge in [0.1, 0.15) is 10.8 Å². The monoisotopic (exact) mass is 432 g/mol. The van der Waals surface area contributed by atoms with Crippen molar-refractivity contribution < 1.29 is 18.7 Å². The summed E-state index contributed by atoms with van der Waals surface area (Å²) in [5.74, 6) is -1.38. The second-order valence-electron chi connectivity index (χ2n) is 6.26. The van der Waals surface area contributed by atoms with Crippen molar-refractivity contribution in [2.24, 2.45) is 0 Å². The minimum atomic E-state index is -0.962. The molecule has 1 atom stereocenters. The molecule has 1 amide bonds. The second kappa shape index (κ2) is 9.62. The zero-order valence-corrected chi connectivity index (χ0v) is 17.1. The van der Waals surface area contributed by atoms with Crippen molar-refractivity contribution in [3.05, 3.63) is 76.0 Å². The lowest BCUT2D eigenvalue weighted by atomic mass is 10.1. The SMILES string of the molecule is CC(OC(=O)c1csc(-c2ccc(Cl)cc2)n1)C(=O)NCCc1ccc(F)cc1. The number of benzene rings is 2. The summed E-state index contributed by atoms with van der Waals surface area (Å²) in [5.41, 5.74) is 1.88. The summed E-state index contributed by atoms with van der Waals surface area (Å²) in [7, 11) is 0. The van der Waals surface area contributed by atoms with Gasteiger partial charge in [-0.15, -0.1) is 11.3 Å². The number of hydrogen-bond acceptors (Lipinski definition) is 5. The van der Waals surface area contributed by atoms with Gasteiger partial charge in [-0.3, -0.25) is 4.79 Å². The Hall–Kier alpha value is -2.77. The summed E-state index contributed by atoms with van der Waals surface area (Å²) in [4.78, 5) is 28.7. The lowest BCUT2D eigenvalue weighted by molar-refractivity contribution is -0.129. The molecule has 0 saturated carbocycles. The molecule has 0 spiro atoms. The maximum absolute atomic E-state index is 12.9. The third kappa shape index (κ3) is 5.85. The molecular formula is C21H18ClFN2O3S. The first-order valence-electron chi connectivity index (χ1n) is 8.87. The van der Waals surface area contributed by atoms with Gasteiger partial charge in [0.15, 0.2) is 11.8 Å². The largest absolute Gasteiger partial charge is 0.448 e. The standard InChI is InChI=1S/C21H18ClFN2O3S/c1-13(19(26)24-11-10-14-2-8-17(23)9-3-14)28-21(27)18-12-29-20(25-18)15-4-6-16(22)7-5-15/h2-9,12-13H,10-11H2,1H3,(H,24,26). The molecule has 0 bridgehead atoms. The summed E-state index contributed by atoms with van der Waals surface area (Å²) in [6, 6.07) is 13.2. The van der Waals surface area contributed by atoms with Crippen LogP contribution in [0.25, 0.3) is 10.6 Å². The number of carbonyl (C=O) groups is 2. The van der Waals surface area contributed by atoms with Crippen LogP contribution in [0, 0.1) is 5.82 Å². The van der Waals surface area contributed by atoms with E-state index in [0.29, 0.717) is 23.0 Å². The summed E-state index contributed by atoms with van der Waals surface area (Å²) in [5, 5.41) is 5.56. The van der Waals surface area contributed by atoms with E-state index in [1.54, 1.807) is 29.6 Å². The van der Waals surface area contributed by atoms with Gasteiger partial charge in [-0.05, 0) is 43.2 Å². The van der Waals surface area contributed by atoms with Gasteiger partial charge >= 0.3 is 5.97 Å². The molecule has 0 fully saturated rings. The highest BCUT2D eigenvalue weighted by Crippen LogP contribution is 2.25. The molecule has 29 heavy (non-hydrogen) atoms. The molecule has 2 aromatic carbocycles. The van der Waals surface area contributed by atoms with Gasteiger partial charge in [0.25, 0.3) is 5.91 Å². The number of ether oxygens (including phenoxy) is 1. The number of rotatable bonds is 7. The van der Waals surface area contributed by atoms with E-state index in [1.807, 2.05) is 12.1 Å². The average molecular weight is 433 g/mol. The van der Waals surface area contributed by atoms with Crippen molar-refractivity contribution >= 4 is 34.8 Å². The van der Waals surface area contributed by atoms with Crippen molar-refractivity contribution in [2.45, 2.75) is 19.4 Å². The molecule has 5 nitrogen and oxygen atoms in total. The normalized spacial score (nSPS) is 11.7. The van der Waals surface area contributed by atoms with Gasteiger partial charge in [-0.2, -0.15) is 0 Å². The Bertz CT molecular complexity index is 990. The average Bonchev–Trinajstić information content (AvgIpc) is 3.20. The maximum Gasteiger partial charge on any atom is 0.358 e. The molecule has 1 N–H and O–H groups in total. The molecule has 8 heteroatoms. The lowest BCUT2D eigenvalue weighted by Gasteiger charge is -2.12. The number of nitrogens with one attached hydrogen (secondary N) is 1. The second-order valence-corrected chi connectivity index (χ2v) is 7.55. The summed E-state index contributed by atoms with van der Waals surface area (Å²) >= 11 is 7.18. The number of halogens is 2. The summed E-state index contributed by atoms with van der Waals surface area (Å²) < 4.78 is 18.1. The highest BCUT2D eigenvalue weighted by atomic mass is 35.5. The quantitative estimate of drug-likeness (QED) is 0.558. The highest BCUT2D eigenvalue weighted by Gasteiger charge is 2.20. The molecule has 3 aromatic rings. The van der Waals surface area contributed by atoms with Crippen molar-refractivity contribution in [2.75, 3.05) is 6.54 Å². The number of nitrogens with zero attached hydrogens (tertiary/aromatic N) is 1. The van der Waals surface area contributed by atoms with E-state index in [2.05, 4.69) is 10.3 Å². The molecular weight excluding hydrogens is 415 g/mol. The Morgan fingerprint density at radius 2 is 1.86 bits per heavy atom. The third-order valence-corrected chi connectivity index (χ3v) is 5.23. The smallest absolute Gasteiger partial charge is 0.358 e. The molecule has 1 heterocycles. The topological polar surface area (TPSA) is 68.3 Å². The Balaban J connectivity index is 1.50. The zero-order chi connectivity index (χ0) is 20.8. The van der Waals surface area contributed by atoms with E-state index in [1.165, 1.54) is 30.4 Å². The van der Waals surface area contributed by atoms with Crippen LogP contribution >= 0.6 is 22.9 Å². The third-order valence-electron chi connectivity index (χ3n) is 4.08. The predicted octanol–water partition coefficient (Wildman–Crippen LogP) is 4.51. The molecule has 1 aromatic heterocycles. The highest BCUT2D eigenvalue weighted by molar-refractivity contribution is 7.13. The zero-order valence-electron chi connectivity index (χ0n) is 15.5. The van der Waals surface area contributed by atoms with E-state index >= 15 is 0 Å². The van der Waals surface area contributed by atoms with Crippen LogP contribution in [0.3, 0.4) is 0 Å². The maximum atomic E-state index is 12.9. The van der Waals surface area contributed by atoms with Crippen molar-refractivity contribution in [3.8, 4) is 10.6 Å². The minimum absolute atomic E-state index is 0.144. The summed E-state index contributed by atoms with van der Waals surface area (Å²) in [6.07, 6.45) is -0.417. The van der Waals surface area contributed by atoms with Crippen molar-refractivity contribution in [1.29, 1.82) is 0 Å². The van der Waals surface area contributed by atoms with Crippen LogP contribution < -0.4 is 5.32 Å². The van der Waals surface area contributed by atoms with Crippen LogP contribution in [0.15, 0.2) is 53.9 Å². The molecule has 3 rings (SSSR count). The van der Waals surface area contributed by atoms with Crippen molar-refractivity contribution in [1.82, 2.24) is 10.3 Å². The number of thiazole rings is 1. The Morgan fingerprint density at radius 1 is 1.17 bits per heavy atom. The first-order valence-corrected chi connectivity index (χ1v) is 10.1. The fourth-order valence-electron chi connectivity index (χ4n) is 2.49. The minimum Gasteiger partial charge on any atom is -0.448 e. The van der Waals surface area contributed by atoms with E-state index in [-0.39, 0.29) is 11.5 Å². The van der Waals surface area contributed by atoms with Crippen LogP contribution in [0.5, 0.6) is 0 Å². The fourth-order valence-corrected chi connectivity index (χ4v) is 3.41. The van der Waals surface area contributed by atoms with Crippen LogP contribution in [-0.2, 0) is 16.0 Å². The van der Waals surface area contributed by atoms with Crippen LogP contribution in [0.4, 0.5) is 4.39 Å².